The van der Waals surface area contributed by atoms with Gasteiger partial charge in [-0.1, -0.05) is 11.6 Å². The average molecular weight is 283 g/mol. The third-order valence-corrected chi connectivity index (χ3v) is 3.30. The number of rotatable bonds is 4. The van der Waals surface area contributed by atoms with E-state index in [-0.39, 0.29) is 24.3 Å². The van der Waals surface area contributed by atoms with E-state index in [1.54, 1.807) is 12.1 Å². The van der Waals surface area contributed by atoms with Crippen LogP contribution in [0.1, 0.15) is 18.1 Å². The van der Waals surface area contributed by atoms with Crippen molar-refractivity contribution in [2.75, 3.05) is 6.54 Å². The van der Waals surface area contributed by atoms with E-state index < -0.39 is 12.2 Å². The molecule has 0 spiro atoms. The molecule has 0 saturated heterocycles. The molecular formula is C13H15ClN2O3. The van der Waals surface area contributed by atoms with Gasteiger partial charge in [-0.05, 0) is 31.2 Å². The molecule has 0 fully saturated rings. The smallest absolute Gasteiger partial charge is 0.147 e. The molecule has 0 radical (unpaired) electrons. The normalized spacial score (nSPS) is 14.5. The minimum Gasteiger partial charge on any atom is -0.505 e. The molecule has 0 saturated carbocycles. The van der Waals surface area contributed by atoms with Crippen molar-refractivity contribution in [3.63, 3.8) is 0 Å². The van der Waals surface area contributed by atoms with Crippen molar-refractivity contribution in [3.05, 3.63) is 35.0 Å². The van der Waals surface area contributed by atoms with E-state index in [1.807, 2.05) is 0 Å². The molecule has 2 aromatic rings. The van der Waals surface area contributed by atoms with Crippen LogP contribution in [0.2, 0.25) is 5.02 Å². The van der Waals surface area contributed by atoms with E-state index in [4.69, 9.17) is 17.3 Å². The van der Waals surface area contributed by atoms with Gasteiger partial charge in [-0.3, -0.25) is 4.98 Å². The van der Waals surface area contributed by atoms with Crippen LogP contribution in [0, 0.1) is 0 Å². The lowest BCUT2D eigenvalue weighted by Crippen LogP contribution is -2.22. The van der Waals surface area contributed by atoms with Gasteiger partial charge in [-0.15, -0.1) is 0 Å². The van der Waals surface area contributed by atoms with Crippen LogP contribution in [0.4, 0.5) is 0 Å². The quantitative estimate of drug-likeness (QED) is 0.678. The van der Waals surface area contributed by atoms with E-state index in [2.05, 4.69) is 4.98 Å². The monoisotopic (exact) mass is 282 g/mol. The van der Waals surface area contributed by atoms with Crippen molar-refractivity contribution in [3.8, 4) is 5.75 Å². The summed E-state index contributed by atoms with van der Waals surface area (Å²) in [6.45, 7) is 0.235. The van der Waals surface area contributed by atoms with Gasteiger partial charge in [-0.25, -0.2) is 0 Å². The number of hydrogen-bond donors (Lipinski definition) is 4. The predicted molar refractivity (Wildman–Crippen MR) is 73.1 cm³/mol. The highest BCUT2D eigenvalue weighted by atomic mass is 35.5. The SMILES string of the molecule is NCCC(O)C(O)c1cc(Cl)c2cccnc2c1O. The first-order valence-electron chi connectivity index (χ1n) is 5.88. The molecule has 0 aliphatic rings. The van der Waals surface area contributed by atoms with Crippen LogP contribution in [0.5, 0.6) is 5.75 Å². The Hall–Kier alpha value is -1.40. The molecule has 2 rings (SSSR count). The lowest BCUT2D eigenvalue weighted by molar-refractivity contribution is 0.0138. The topological polar surface area (TPSA) is 99.6 Å². The number of fused-ring (bicyclic) bond motifs is 1. The number of aliphatic hydroxyl groups excluding tert-OH is 2. The summed E-state index contributed by atoms with van der Waals surface area (Å²) in [7, 11) is 0. The van der Waals surface area contributed by atoms with Crippen LogP contribution < -0.4 is 5.73 Å². The zero-order valence-electron chi connectivity index (χ0n) is 10.1. The zero-order chi connectivity index (χ0) is 14.0. The average Bonchev–Trinajstić information content (AvgIpc) is 2.42. The van der Waals surface area contributed by atoms with E-state index >= 15 is 0 Å². The fourth-order valence-electron chi connectivity index (χ4n) is 1.97. The third-order valence-electron chi connectivity index (χ3n) is 2.99. The van der Waals surface area contributed by atoms with Crippen molar-refractivity contribution in [2.24, 2.45) is 5.73 Å². The Kier molecular flexibility index (Phi) is 4.21. The Morgan fingerprint density at radius 2 is 2.11 bits per heavy atom. The van der Waals surface area contributed by atoms with E-state index in [1.165, 1.54) is 12.3 Å². The standard InChI is InChI=1S/C13H15ClN2O3/c14-9-6-8(12(18)10(17)3-4-15)13(19)11-7(9)2-1-5-16-11/h1-2,5-6,10,12,17-19H,3-4,15H2. The Bertz CT molecular complexity index is 591. The zero-order valence-corrected chi connectivity index (χ0v) is 10.9. The summed E-state index contributed by atoms with van der Waals surface area (Å²) in [5.74, 6) is -0.177. The fraction of sp³-hybridized carbons (Fsp3) is 0.308. The van der Waals surface area contributed by atoms with Crippen molar-refractivity contribution in [1.29, 1.82) is 0 Å². The minimum atomic E-state index is -1.26. The summed E-state index contributed by atoms with van der Waals surface area (Å²) in [4.78, 5) is 4.04. The second-order valence-corrected chi connectivity index (χ2v) is 4.69. The van der Waals surface area contributed by atoms with Gasteiger partial charge in [-0.2, -0.15) is 0 Å². The van der Waals surface area contributed by atoms with Gasteiger partial charge < -0.3 is 21.1 Å². The Labute approximate surface area is 115 Å². The number of aliphatic hydroxyl groups is 2. The Morgan fingerprint density at radius 3 is 2.79 bits per heavy atom. The number of nitrogens with zero attached hydrogens (tertiary/aromatic N) is 1. The van der Waals surface area contributed by atoms with Crippen LogP contribution in [0.15, 0.2) is 24.4 Å². The molecule has 1 aromatic heterocycles. The van der Waals surface area contributed by atoms with Crippen LogP contribution in [0.25, 0.3) is 10.9 Å². The maximum absolute atomic E-state index is 10.1. The summed E-state index contributed by atoms with van der Waals surface area (Å²) in [5, 5.41) is 30.9. The number of nitrogens with two attached hydrogens (primary N) is 1. The van der Waals surface area contributed by atoms with Gasteiger partial charge in [0.1, 0.15) is 17.4 Å². The molecule has 19 heavy (non-hydrogen) atoms. The maximum atomic E-state index is 10.1. The van der Waals surface area contributed by atoms with Crippen LogP contribution in [-0.2, 0) is 0 Å². The molecular weight excluding hydrogens is 268 g/mol. The summed E-state index contributed by atoms with van der Waals surface area (Å²) < 4.78 is 0. The third kappa shape index (κ3) is 2.64. The van der Waals surface area contributed by atoms with Crippen molar-refractivity contribution < 1.29 is 15.3 Å². The summed E-state index contributed by atoms with van der Waals surface area (Å²) in [5.41, 5.74) is 5.78. The molecule has 1 heterocycles. The Balaban J connectivity index is 2.52. The molecule has 0 bridgehead atoms. The molecule has 5 N–H and O–H groups in total. The largest absolute Gasteiger partial charge is 0.505 e. The van der Waals surface area contributed by atoms with Crippen LogP contribution >= 0.6 is 11.6 Å². The summed E-state index contributed by atoms with van der Waals surface area (Å²) >= 11 is 6.09. The predicted octanol–water partition coefficient (Wildman–Crippen LogP) is 1.34. The number of phenolic OH excluding ortho intramolecular Hbond substituents is 1. The molecule has 6 heteroatoms. The highest BCUT2D eigenvalue weighted by Gasteiger charge is 2.23. The number of halogens is 1. The highest BCUT2D eigenvalue weighted by Crippen LogP contribution is 2.37. The molecule has 0 aliphatic heterocycles. The van der Waals surface area contributed by atoms with Crippen LogP contribution in [0.3, 0.4) is 0 Å². The molecule has 2 atom stereocenters. The number of phenols is 1. The first kappa shape index (κ1) is 14.0. The second kappa shape index (κ2) is 5.71. The number of hydrogen-bond acceptors (Lipinski definition) is 5. The van der Waals surface area contributed by atoms with Crippen molar-refractivity contribution in [2.45, 2.75) is 18.6 Å². The van der Waals surface area contributed by atoms with E-state index in [9.17, 15) is 15.3 Å². The van der Waals surface area contributed by atoms with E-state index in [0.717, 1.165) is 0 Å². The van der Waals surface area contributed by atoms with Crippen molar-refractivity contribution >= 4 is 22.5 Å². The summed E-state index contributed by atoms with van der Waals surface area (Å²) in [6.07, 6.45) is -0.579. The lowest BCUT2D eigenvalue weighted by Gasteiger charge is -2.19. The van der Waals surface area contributed by atoms with Gasteiger partial charge in [0.2, 0.25) is 0 Å². The number of pyridine rings is 1. The van der Waals surface area contributed by atoms with Crippen LogP contribution in [-0.4, -0.2) is 33.0 Å². The fourth-order valence-corrected chi connectivity index (χ4v) is 2.24. The van der Waals surface area contributed by atoms with Crippen molar-refractivity contribution in [1.82, 2.24) is 4.98 Å². The second-order valence-electron chi connectivity index (χ2n) is 4.29. The van der Waals surface area contributed by atoms with Gasteiger partial charge >= 0.3 is 0 Å². The Morgan fingerprint density at radius 1 is 1.37 bits per heavy atom. The molecule has 2 unspecified atom stereocenters. The highest BCUT2D eigenvalue weighted by molar-refractivity contribution is 6.35. The molecule has 5 nitrogen and oxygen atoms in total. The first-order valence-corrected chi connectivity index (χ1v) is 6.26. The lowest BCUT2D eigenvalue weighted by atomic mass is 9.99. The minimum absolute atomic E-state index is 0.150. The van der Waals surface area contributed by atoms with Gasteiger partial charge in [0.25, 0.3) is 0 Å². The molecule has 0 amide bonds. The molecule has 102 valence electrons. The first-order chi connectivity index (χ1) is 9.06. The number of aromatic nitrogens is 1. The summed E-state index contributed by atoms with van der Waals surface area (Å²) in [6, 6.07) is 4.86. The van der Waals surface area contributed by atoms with E-state index in [0.29, 0.717) is 15.9 Å². The maximum Gasteiger partial charge on any atom is 0.147 e. The van der Waals surface area contributed by atoms with Gasteiger partial charge in [0, 0.05) is 17.1 Å². The molecule has 1 aromatic carbocycles. The van der Waals surface area contributed by atoms with Gasteiger partial charge in [0.15, 0.2) is 0 Å². The molecule has 0 aliphatic carbocycles. The van der Waals surface area contributed by atoms with Gasteiger partial charge in [0.05, 0.1) is 11.1 Å². The number of benzene rings is 1. The number of aromatic hydroxyl groups is 1.